The van der Waals surface area contributed by atoms with Gasteiger partial charge in [-0.25, -0.2) is 0 Å². The van der Waals surface area contributed by atoms with Crippen molar-refractivity contribution in [2.75, 3.05) is 0 Å². The van der Waals surface area contributed by atoms with Crippen LogP contribution in [0.4, 0.5) is 5.69 Å². The molecule has 0 unspecified atom stereocenters. The minimum Gasteiger partial charge on any atom is -0.258 e. The van der Waals surface area contributed by atoms with E-state index in [0.717, 1.165) is 0 Å². The molecular formula is C7H5ClN4O2. The van der Waals surface area contributed by atoms with Gasteiger partial charge >= 0.3 is 5.69 Å². The van der Waals surface area contributed by atoms with Crippen LogP contribution < -0.4 is 0 Å². The highest BCUT2D eigenvalue weighted by Gasteiger charge is 2.22. The summed E-state index contributed by atoms with van der Waals surface area (Å²) in [5.41, 5.74) is 1.12. The van der Waals surface area contributed by atoms with Crippen LogP contribution in [0.25, 0.3) is 11.0 Å². The van der Waals surface area contributed by atoms with Gasteiger partial charge in [0.1, 0.15) is 5.02 Å². The summed E-state index contributed by atoms with van der Waals surface area (Å²) >= 11 is 5.80. The Kier molecular flexibility index (Phi) is 1.85. The fourth-order valence-electron chi connectivity index (χ4n) is 1.25. The van der Waals surface area contributed by atoms with Crippen LogP contribution in [0.5, 0.6) is 0 Å². The first-order chi connectivity index (χ1) is 6.61. The predicted molar refractivity (Wildman–Crippen MR) is 50.3 cm³/mol. The zero-order valence-corrected chi connectivity index (χ0v) is 7.87. The normalized spacial score (nSPS) is 10.7. The van der Waals surface area contributed by atoms with Gasteiger partial charge < -0.3 is 0 Å². The van der Waals surface area contributed by atoms with Crippen molar-refractivity contribution in [3.63, 3.8) is 0 Å². The van der Waals surface area contributed by atoms with E-state index in [2.05, 4.69) is 15.4 Å². The Labute approximate surface area is 83.0 Å². The Morgan fingerprint density at radius 3 is 3.00 bits per heavy atom. The third-order valence-corrected chi connectivity index (χ3v) is 2.37. The van der Waals surface area contributed by atoms with E-state index in [-0.39, 0.29) is 16.2 Å². The van der Waals surface area contributed by atoms with Gasteiger partial charge in [-0.05, 0) is 18.6 Å². The van der Waals surface area contributed by atoms with E-state index in [1.165, 1.54) is 0 Å². The molecule has 6 nitrogen and oxygen atoms in total. The van der Waals surface area contributed by atoms with Gasteiger partial charge in [0.15, 0.2) is 5.52 Å². The van der Waals surface area contributed by atoms with E-state index in [1.807, 2.05) is 0 Å². The zero-order chi connectivity index (χ0) is 10.3. The summed E-state index contributed by atoms with van der Waals surface area (Å²) in [5.74, 6) is 0. The highest BCUT2D eigenvalue weighted by Crippen LogP contribution is 2.33. The molecule has 0 amide bonds. The molecule has 0 fully saturated rings. The van der Waals surface area contributed by atoms with E-state index in [9.17, 15) is 10.1 Å². The van der Waals surface area contributed by atoms with E-state index in [1.54, 1.807) is 13.0 Å². The van der Waals surface area contributed by atoms with Crippen LogP contribution in [-0.2, 0) is 0 Å². The van der Waals surface area contributed by atoms with Gasteiger partial charge in [0.2, 0.25) is 0 Å². The monoisotopic (exact) mass is 212 g/mol. The van der Waals surface area contributed by atoms with E-state index < -0.39 is 4.92 Å². The number of fused-ring (bicyclic) bond motifs is 1. The minimum atomic E-state index is -0.555. The fraction of sp³-hybridized carbons (Fsp3) is 0.143. The molecule has 0 spiro atoms. The number of H-pyrrole nitrogens is 1. The molecule has 2 aromatic rings. The van der Waals surface area contributed by atoms with Crippen LogP contribution in [0.1, 0.15) is 5.56 Å². The van der Waals surface area contributed by atoms with Gasteiger partial charge in [0.25, 0.3) is 0 Å². The first kappa shape index (κ1) is 8.89. The molecule has 0 aliphatic carbocycles. The van der Waals surface area contributed by atoms with Crippen molar-refractivity contribution in [1.82, 2.24) is 15.4 Å². The summed E-state index contributed by atoms with van der Waals surface area (Å²) in [6.45, 7) is 1.69. The van der Waals surface area contributed by atoms with E-state index in [4.69, 9.17) is 11.6 Å². The summed E-state index contributed by atoms with van der Waals surface area (Å²) in [6.07, 6.45) is 0. The number of nitro benzene ring substituents is 1. The van der Waals surface area contributed by atoms with Crippen molar-refractivity contribution in [2.45, 2.75) is 6.92 Å². The Hall–Kier alpha value is -1.69. The Morgan fingerprint density at radius 1 is 1.64 bits per heavy atom. The van der Waals surface area contributed by atoms with Gasteiger partial charge in [-0.1, -0.05) is 16.8 Å². The van der Waals surface area contributed by atoms with Crippen LogP contribution >= 0.6 is 11.6 Å². The second-order valence-electron chi connectivity index (χ2n) is 2.82. The largest absolute Gasteiger partial charge is 0.317 e. The summed E-state index contributed by atoms with van der Waals surface area (Å²) in [5, 5.41) is 20.5. The maximum absolute atomic E-state index is 10.7. The molecule has 1 aromatic heterocycles. The van der Waals surface area contributed by atoms with Crippen LogP contribution in [0.15, 0.2) is 6.07 Å². The number of nitrogens with one attached hydrogen (secondary N) is 1. The smallest absolute Gasteiger partial charge is 0.258 e. The molecule has 7 heteroatoms. The van der Waals surface area contributed by atoms with Gasteiger partial charge in [0, 0.05) is 0 Å². The number of nitrogens with zero attached hydrogens (tertiary/aromatic N) is 3. The third kappa shape index (κ3) is 1.12. The molecule has 0 aliphatic rings. The van der Waals surface area contributed by atoms with Gasteiger partial charge in [-0.3, -0.25) is 15.2 Å². The maximum Gasteiger partial charge on any atom is 0.317 e. The second-order valence-corrected chi connectivity index (χ2v) is 3.20. The van der Waals surface area contributed by atoms with Crippen LogP contribution in [0.3, 0.4) is 0 Å². The molecule has 0 atom stereocenters. The summed E-state index contributed by atoms with van der Waals surface area (Å²) in [4.78, 5) is 10.2. The average Bonchev–Trinajstić information content (AvgIpc) is 2.52. The molecule has 72 valence electrons. The predicted octanol–water partition coefficient (Wildman–Crippen LogP) is 1.83. The second kappa shape index (κ2) is 2.91. The fourth-order valence-corrected chi connectivity index (χ4v) is 1.46. The van der Waals surface area contributed by atoms with Gasteiger partial charge in [-0.15, -0.1) is 5.10 Å². The number of hydrogen-bond donors (Lipinski definition) is 1. The Bertz CT molecular complexity index is 522. The van der Waals surface area contributed by atoms with Crippen molar-refractivity contribution in [3.05, 3.63) is 26.8 Å². The molecule has 1 heterocycles. The van der Waals surface area contributed by atoms with Crippen molar-refractivity contribution in [3.8, 4) is 0 Å². The molecule has 0 bridgehead atoms. The summed E-state index contributed by atoms with van der Waals surface area (Å²) in [6, 6.07) is 1.67. The SMILES string of the molecule is Cc1cc2[nH]nnc2c([N+](=O)[O-])c1Cl. The topological polar surface area (TPSA) is 84.7 Å². The Balaban J connectivity index is 2.93. The van der Waals surface area contributed by atoms with Gasteiger partial charge in [-0.2, -0.15) is 0 Å². The first-order valence-corrected chi connectivity index (χ1v) is 4.13. The number of benzene rings is 1. The number of halogens is 1. The molecule has 1 aromatic carbocycles. The number of nitro groups is 1. The van der Waals surface area contributed by atoms with E-state index >= 15 is 0 Å². The molecule has 0 saturated heterocycles. The number of aryl methyl sites for hydroxylation is 1. The average molecular weight is 213 g/mol. The van der Waals surface area contributed by atoms with Crippen molar-refractivity contribution >= 4 is 28.3 Å². The molecule has 1 N–H and O–H groups in total. The van der Waals surface area contributed by atoms with E-state index in [0.29, 0.717) is 11.1 Å². The highest BCUT2D eigenvalue weighted by molar-refractivity contribution is 6.34. The maximum atomic E-state index is 10.7. The lowest BCUT2D eigenvalue weighted by Gasteiger charge is -1.98. The minimum absolute atomic E-state index is 0.108. The number of aromatic amines is 1. The summed E-state index contributed by atoms with van der Waals surface area (Å²) in [7, 11) is 0. The van der Waals surface area contributed by atoms with Crippen LogP contribution in [0, 0.1) is 17.0 Å². The number of aromatic nitrogens is 3. The number of rotatable bonds is 1. The van der Waals surface area contributed by atoms with Gasteiger partial charge in [0.05, 0.1) is 10.4 Å². The third-order valence-electron chi connectivity index (χ3n) is 1.90. The van der Waals surface area contributed by atoms with Crippen molar-refractivity contribution in [1.29, 1.82) is 0 Å². The first-order valence-electron chi connectivity index (χ1n) is 3.75. The molecule has 0 radical (unpaired) electrons. The molecule has 14 heavy (non-hydrogen) atoms. The van der Waals surface area contributed by atoms with Crippen molar-refractivity contribution in [2.24, 2.45) is 0 Å². The van der Waals surface area contributed by atoms with Crippen LogP contribution in [0.2, 0.25) is 5.02 Å². The quantitative estimate of drug-likeness (QED) is 0.577. The molecule has 0 aliphatic heterocycles. The lowest BCUT2D eigenvalue weighted by atomic mass is 10.2. The lowest BCUT2D eigenvalue weighted by molar-refractivity contribution is -0.383. The molecule has 0 saturated carbocycles. The summed E-state index contributed by atoms with van der Waals surface area (Å²) < 4.78 is 0. The van der Waals surface area contributed by atoms with Crippen LogP contribution in [-0.4, -0.2) is 20.3 Å². The molecule has 2 rings (SSSR count). The number of hydrogen-bond acceptors (Lipinski definition) is 4. The lowest BCUT2D eigenvalue weighted by Crippen LogP contribution is -1.92. The van der Waals surface area contributed by atoms with Crippen molar-refractivity contribution < 1.29 is 4.92 Å². The standard InChI is InChI=1S/C7H5ClN4O2/c1-3-2-4-6(10-11-9-4)7(5(3)8)12(13)14/h2H,1H3,(H,9,10,11). The zero-order valence-electron chi connectivity index (χ0n) is 7.11. The molecular weight excluding hydrogens is 208 g/mol. The Morgan fingerprint density at radius 2 is 2.36 bits per heavy atom. The highest BCUT2D eigenvalue weighted by atomic mass is 35.5.